The summed E-state index contributed by atoms with van der Waals surface area (Å²) in [6, 6.07) is 0. The number of esters is 10. The molecule has 14 bridgehead atoms. The maximum Gasteiger partial charge on any atom is 0.344 e. The number of thioether (sulfide) groups is 2. The molecule has 0 aromatic heterocycles. The van der Waals surface area contributed by atoms with Crippen LogP contribution in [0.4, 0.5) is 0 Å². The Morgan fingerprint density at radius 2 is 0.517 bits per heavy atom. The molecule has 42 nitrogen and oxygen atoms in total. The van der Waals surface area contributed by atoms with E-state index in [1.165, 1.54) is 11.8 Å². The Balaban J connectivity index is 0.000000127. The molecule has 0 aromatic rings. The molecule has 35 unspecified atom stereocenters. The standard InChI is InChI=1S/C15H22O7S.C14H20O8S.C14H20O7S2.C14H22O4S.C13H20O5S.C12H18O6S.C12H18O5S2/c1-4-15(2,3)14(17)20-7-11(16)21-12-8-5-9-10(6-8)23(18,19)22-13(9)12;1-4-14(2,3)13(16)19-6-9(15)21-10-7-5-8-11(20-7)12(10)22-23(8,17)18;1-4-14(2,3)13(16)19-6-9(15)20-10-7-5-8-12(22-7)11(10)21-23(8,17)18;1-4-14(2,3)13(15)18-12-8-5-9-10(12)7-19(16,17)11(9)6-8;1-4-13(2,3)12(14)17-10-7-5-8-9(6-7)19(15,16)18-11(8)10;1-4-12(2,3)11(13)17-8-6-5-7-9(16-6)10(8)18-19(7,14)15;1-4-12(2,3)11(13)16-8-6-5-7-10(18-6)9(8)17-19(7,14)15/h8-10,12-13H,4-7H2,1-3H3;2*7-8,10-12H,4-6H2,1-3H3;8-12H,4-7H2,1-3H3;7-11H,4-6H2,1-3H3;2*6-10H,4-5H2,1-3H3. The van der Waals surface area contributed by atoms with Crippen molar-refractivity contribution < 1.29 is 189 Å². The molecule has 822 valence electrons. The van der Waals surface area contributed by atoms with E-state index in [2.05, 4.69) is 0 Å². The molecule has 6 saturated carbocycles. The van der Waals surface area contributed by atoms with Gasteiger partial charge in [0, 0.05) is 40.1 Å². The number of carbonyl (C=O) groups excluding carboxylic acids is 10. The predicted octanol–water partition coefficient (Wildman–Crippen LogP) is 7.20. The van der Waals surface area contributed by atoms with Crippen molar-refractivity contribution in [3.63, 3.8) is 0 Å². The van der Waals surface area contributed by atoms with Crippen LogP contribution in [0, 0.1) is 79.3 Å². The predicted molar refractivity (Wildman–Crippen MR) is 512 cm³/mol. The largest absolute Gasteiger partial charge is 0.461 e. The SMILES string of the molecule is CCC(C)(C)C(=O)OC1C2CC3C(O2)C1OS3(=O)=O.CCC(C)(C)C(=O)OC1C2CC3C(S2)C1OS3(=O)=O.CCC(C)(C)C(=O)OC1C2CC3C1CS(=O)(=O)C3C2.CCC(C)(C)C(=O)OC1C2CC3C1OS(=O)(=O)C3C2.CCC(C)(C)C(=O)OCC(=O)OC1C2CC3C(O2)C1OS3(=O)=O.CCC(C)(C)C(=O)OCC(=O)OC1C2CC3C(S2)C1OS3(=O)=O.CCC(C)(C)C(=O)OCC(=O)OC1C2CC3C1OS(=O)(=O)C3C2. The van der Waals surface area contributed by atoms with Crippen molar-refractivity contribution in [3.8, 4) is 0 Å². The molecule has 21 rings (SSSR count). The van der Waals surface area contributed by atoms with E-state index in [0.29, 0.717) is 83.5 Å². The van der Waals surface area contributed by atoms with Crippen molar-refractivity contribution in [3.05, 3.63) is 0 Å². The second-order valence-corrected chi connectivity index (χ2v) is 62.3. The van der Waals surface area contributed by atoms with Crippen molar-refractivity contribution in [2.75, 3.05) is 25.6 Å². The van der Waals surface area contributed by atoms with Gasteiger partial charge in [0.2, 0.25) is 0 Å². The minimum atomic E-state index is -3.65. The monoisotopic (exact) mass is 2230 g/mol. The molecule has 15 heterocycles. The van der Waals surface area contributed by atoms with Crippen LogP contribution < -0.4 is 0 Å². The number of fused-ring (bicyclic) bond motifs is 7. The average Bonchev–Trinajstić information content (AvgIpc) is 1.58. The lowest BCUT2D eigenvalue weighted by atomic mass is 9.86. The van der Waals surface area contributed by atoms with Crippen LogP contribution in [0.3, 0.4) is 0 Å². The highest BCUT2D eigenvalue weighted by Gasteiger charge is 2.73. The van der Waals surface area contributed by atoms with Gasteiger partial charge in [-0.1, -0.05) is 48.5 Å². The fourth-order valence-corrected chi connectivity index (χ4v) is 40.7. The van der Waals surface area contributed by atoms with E-state index in [4.69, 9.17) is 81.9 Å². The summed E-state index contributed by atoms with van der Waals surface area (Å²) in [5.74, 6) is -3.58. The molecule has 15 aliphatic heterocycles. The van der Waals surface area contributed by atoms with Crippen LogP contribution in [0.1, 0.15) is 255 Å². The topological polar surface area (TPSA) is 576 Å². The van der Waals surface area contributed by atoms with Gasteiger partial charge in [0.15, 0.2) is 41.9 Å². The fourth-order valence-electron chi connectivity index (χ4n) is 22.8. The van der Waals surface area contributed by atoms with E-state index in [1.54, 1.807) is 67.2 Å². The summed E-state index contributed by atoms with van der Waals surface area (Å²) in [5, 5.41) is -3.33. The first kappa shape index (κ1) is 114. The van der Waals surface area contributed by atoms with E-state index < -0.39 is 276 Å². The van der Waals surface area contributed by atoms with Crippen molar-refractivity contribution in [1.82, 2.24) is 0 Å². The number of hydrogen-bond donors (Lipinski definition) is 0. The molecule has 51 heteroatoms. The number of hydrogen-bond acceptors (Lipinski definition) is 44. The van der Waals surface area contributed by atoms with Crippen LogP contribution in [-0.2, 0) is 200 Å². The van der Waals surface area contributed by atoms with Crippen LogP contribution in [0.5, 0.6) is 0 Å². The Morgan fingerprint density at radius 1 is 0.255 bits per heavy atom. The highest BCUT2D eigenvalue weighted by molar-refractivity contribution is 8.03. The number of carbonyl (C=O) groups is 10. The Kier molecular flexibility index (Phi) is 31.8. The van der Waals surface area contributed by atoms with E-state index in [0.717, 1.165) is 19.3 Å². The second kappa shape index (κ2) is 40.6. The van der Waals surface area contributed by atoms with Crippen LogP contribution in [-0.4, -0.2) is 306 Å². The van der Waals surface area contributed by atoms with Crippen molar-refractivity contribution in [2.24, 2.45) is 79.3 Å². The maximum atomic E-state index is 12.2. The highest BCUT2D eigenvalue weighted by Crippen LogP contribution is 2.62. The lowest BCUT2D eigenvalue weighted by Crippen LogP contribution is -2.43. The molecule has 15 saturated heterocycles. The zero-order valence-electron chi connectivity index (χ0n) is 85.4. The Hall–Kier alpha value is -5.27. The van der Waals surface area contributed by atoms with E-state index >= 15 is 0 Å². The second-order valence-electron chi connectivity index (χ2n) is 46.5. The van der Waals surface area contributed by atoms with E-state index in [-0.39, 0.29) is 127 Å². The third kappa shape index (κ3) is 21.7. The van der Waals surface area contributed by atoms with Crippen LogP contribution in [0.25, 0.3) is 0 Å². The normalized spacial score (nSPS) is 39.9. The first-order valence-corrected chi connectivity index (χ1v) is 62.7. The molecular weight excluding hydrogens is 2090 g/mol. The molecule has 0 aromatic carbocycles. The number of ether oxygens (including phenoxy) is 12. The fraction of sp³-hybridized carbons (Fsp3) is 0.894. The van der Waals surface area contributed by atoms with Gasteiger partial charge in [0.05, 0.1) is 82.1 Å². The zero-order chi connectivity index (χ0) is 107. The molecule has 21 fully saturated rings. The van der Waals surface area contributed by atoms with Gasteiger partial charge < -0.3 is 56.8 Å². The lowest BCUT2D eigenvalue weighted by Gasteiger charge is -2.30. The summed E-state index contributed by atoms with van der Waals surface area (Å²) >= 11 is 3.11. The van der Waals surface area contributed by atoms with Crippen LogP contribution >= 0.6 is 23.5 Å². The summed E-state index contributed by atoms with van der Waals surface area (Å²) in [4.78, 5) is 120. The van der Waals surface area contributed by atoms with Gasteiger partial charge in [-0.05, 0) is 218 Å². The first-order chi connectivity index (χ1) is 67.0. The summed E-state index contributed by atoms with van der Waals surface area (Å²) in [6.07, 6.45) is 1.40. The van der Waals surface area contributed by atoms with Crippen LogP contribution in [0.2, 0.25) is 0 Å². The van der Waals surface area contributed by atoms with Gasteiger partial charge in [-0.25, -0.2) is 22.8 Å². The third-order valence-electron chi connectivity index (χ3n) is 34.7. The van der Waals surface area contributed by atoms with Gasteiger partial charge in [-0.2, -0.15) is 50.5 Å². The van der Waals surface area contributed by atoms with Gasteiger partial charge in [0.25, 0.3) is 60.7 Å². The average molecular weight is 2230 g/mol. The summed E-state index contributed by atoms with van der Waals surface area (Å²) in [5.41, 5.74) is -4.10. The number of sulfone groups is 1. The quantitative estimate of drug-likeness (QED) is 0.0445. The van der Waals surface area contributed by atoms with E-state index in [1.807, 2.05) is 90.0 Å². The molecule has 0 amide bonds. The minimum absolute atomic E-state index is 0.0130. The summed E-state index contributed by atoms with van der Waals surface area (Å²) in [7, 11) is -24.1. The van der Waals surface area contributed by atoms with Gasteiger partial charge in [0.1, 0.15) is 100 Å². The van der Waals surface area contributed by atoms with Gasteiger partial charge in [-0.3, -0.25) is 58.7 Å². The Labute approximate surface area is 857 Å². The summed E-state index contributed by atoms with van der Waals surface area (Å²) < 4.78 is 260. The van der Waals surface area contributed by atoms with Gasteiger partial charge in [-0.15, -0.1) is 23.5 Å². The first-order valence-electron chi connectivity index (χ1n) is 50.3. The molecule has 145 heavy (non-hydrogen) atoms. The van der Waals surface area contributed by atoms with Gasteiger partial charge >= 0.3 is 59.7 Å². The molecule has 21 aliphatic rings. The summed E-state index contributed by atoms with van der Waals surface area (Å²) in [6.45, 7) is 37.0. The highest BCUT2D eigenvalue weighted by atomic mass is 32.2. The van der Waals surface area contributed by atoms with Crippen LogP contribution in [0.15, 0.2) is 0 Å². The molecule has 6 aliphatic carbocycles. The maximum absolute atomic E-state index is 12.2. The zero-order valence-corrected chi connectivity index (χ0v) is 92.7. The number of rotatable bonds is 27. The lowest BCUT2D eigenvalue weighted by molar-refractivity contribution is -0.171. The molecular formula is C94H140O42S9. The Morgan fingerprint density at radius 3 is 0.883 bits per heavy atom. The molecule has 0 radical (unpaired) electrons. The molecule has 0 spiro atoms. The van der Waals surface area contributed by atoms with Crippen molar-refractivity contribution in [1.29, 1.82) is 0 Å². The smallest absolute Gasteiger partial charge is 0.344 e. The minimum Gasteiger partial charge on any atom is -0.461 e. The third-order valence-corrected chi connectivity index (χ3v) is 51.2. The Bertz CT molecular complexity index is 5260. The molecule has 0 N–H and O–H groups in total. The van der Waals surface area contributed by atoms with Crippen molar-refractivity contribution >= 4 is 154 Å². The molecule has 35 atom stereocenters. The van der Waals surface area contributed by atoms with E-state index in [9.17, 15) is 107 Å². The van der Waals surface area contributed by atoms with Crippen molar-refractivity contribution in [2.45, 2.75) is 416 Å².